The summed E-state index contributed by atoms with van der Waals surface area (Å²) < 4.78 is 38.0. The molecule has 160 valence electrons. The van der Waals surface area contributed by atoms with Gasteiger partial charge in [0.25, 0.3) is 5.56 Å². The van der Waals surface area contributed by atoms with Crippen LogP contribution in [0.2, 0.25) is 0 Å². The first-order valence-corrected chi connectivity index (χ1v) is 9.38. The van der Waals surface area contributed by atoms with E-state index in [0.29, 0.717) is 16.5 Å². The van der Waals surface area contributed by atoms with Crippen LogP contribution in [0.5, 0.6) is 0 Å². The average Bonchev–Trinajstić information content (AvgIpc) is 3.17. The van der Waals surface area contributed by atoms with Gasteiger partial charge in [0.15, 0.2) is 0 Å². The number of carbonyl (C=O) groups excluding carboxylic acids is 1. The fourth-order valence-corrected chi connectivity index (χ4v) is 3.42. The van der Waals surface area contributed by atoms with Crippen molar-refractivity contribution in [2.45, 2.75) is 19.6 Å². The fourth-order valence-electron chi connectivity index (χ4n) is 3.42. The number of fused-ring (bicyclic) bond motifs is 2. The molecule has 0 saturated carbocycles. The Kier molecular flexibility index (Phi) is 5.14. The quantitative estimate of drug-likeness (QED) is 0.452. The van der Waals surface area contributed by atoms with E-state index >= 15 is 0 Å². The molecular formula is C21H18F3N5O2. The van der Waals surface area contributed by atoms with Crippen molar-refractivity contribution in [3.8, 4) is 0 Å². The molecule has 10 heteroatoms. The zero-order chi connectivity index (χ0) is 22.2. The van der Waals surface area contributed by atoms with Crippen LogP contribution in [0.3, 0.4) is 0 Å². The predicted molar refractivity (Wildman–Crippen MR) is 111 cm³/mol. The van der Waals surface area contributed by atoms with Crippen LogP contribution in [0, 0.1) is 6.92 Å². The molecule has 1 amide bonds. The second-order valence-corrected chi connectivity index (χ2v) is 7.16. The van der Waals surface area contributed by atoms with Crippen LogP contribution in [0.15, 0.2) is 53.6 Å². The maximum atomic E-state index is 13.0. The first kappa shape index (κ1) is 20.5. The molecular weight excluding hydrogens is 411 g/mol. The van der Waals surface area contributed by atoms with Crippen molar-refractivity contribution in [3.05, 3.63) is 64.7 Å². The van der Waals surface area contributed by atoms with Gasteiger partial charge in [0.2, 0.25) is 5.91 Å². The van der Waals surface area contributed by atoms with Crippen LogP contribution in [0.1, 0.15) is 5.56 Å². The summed E-state index contributed by atoms with van der Waals surface area (Å²) in [6.07, 6.45) is -1.40. The Bertz CT molecular complexity index is 1340. The lowest BCUT2D eigenvalue weighted by Gasteiger charge is -2.13. The number of hydrogen-bond donors (Lipinski definition) is 3. The van der Waals surface area contributed by atoms with Crippen molar-refractivity contribution < 1.29 is 18.0 Å². The first-order valence-electron chi connectivity index (χ1n) is 9.38. The van der Waals surface area contributed by atoms with E-state index < -0.39 is 30.7 Å². The Morgan fingerprint density at radius 2 is 2.03 bits per heavy atom. The lowest BCUT2D eigenvalue weighted by atomic mass is 10.1. The Balaban J connectivity index is 1.67. The van der Waals surface area contributed by atoms with Gasteiger partial charge in [-0.15, -0.1) is 0 Å². The van der Waals surface area contributed by atoms with Crippen molar-refractivity contribution in [1.82, 2.24) is 20.1 Å². The van der Waals surface area contributed by atoms with Crippen LogP contribution in [0.25, 0.3) is 21.7 Å². The number of anilines is 2. The molecule has 0 aliphatic carbocycles. The minimum Gasteiger partial charge on any atom is -0.355 e. The number of benzene rings is 2. The molecule has 0 saturated heterocycles. The lowest BCUT2D eigenvalue weighted by molar-refractivity contribution is -0.138. The third kappa shape index (κ3) is 4.37. The molecule has 0 bridgehead atoms. The third-order valence-corrected chi connectivity index (χ3v) is 4.85. The molecule has 0 atom stereocenters. The van der Waals surface area contributed by atoms with E-state index in [1.165, 1.54) is 6.20 Å². The highest BCUT2D eigenvalue weighted by Gasteiger charge is 2.27. The van der Waals surface area contributed by atoms with Crippen molar-refractivity contribution in [3.63, 3.8) is 0 Å². The minimum atomic E-state index is -4.52. The van der Waals surface area contributed by atoms with Gasteiger partial charge in [0.1, 0.15) is 13.1 Å². The second-order valence-electron chi connectivity index (χ2n) is 7.16. The molecule has 31 heavy (non-hydrogen) atoms. The zero-order valence-corrected chi connectivity index (χ0v) is 16.4. The summed E-state index contributed by atoms with van der Waals surface area (Å²) in [6.45, 7) is -0.0204. The van der Waals surface area contributed by atoms with Crippen molar-refractivity contribution >= 4 is 39.0 Å². The van der Waals surface area contributed by atoms with E-state index in [0.717, 1.165) is 26.7 Å². The number of H-pyrrole nitrogens is 1. The van der Waals surface area contributed by atoms with Crippen LogP contribution in [-0.4, -0.2) is 33.4 Å². The molecule has 3 N–H and O–H groups in total. The van der Waals surface area contributed by atoms with E-state index in [9.17, 15) is 22.8 Å². The van der Waals surface area contributed by atoms with E-state index in [1.807, 2.05) is 19.1 Å². The summed E-state index contributed by atoms with van der Waals surface area (Å²) in [7, 11) is 0. The predicted octanol–water partition coefficient (Wildman–Crippen LogP) is 3.61. The number of halogens is 3. The molecule has 0 spiro atoms. The highest BCUT2D eigenvalue weighted by molar-refractivity contribution is 5.96. The van der Waals surface area contributed by atoms with Gasteiger partial charge in [-0.3, -0.25) is 14.7 Å². The number of aromatic nitrogens is 3. The lowest BCUT2D eigenvalue weighted by Crippen LogP contribution is -2.37. The molecule has 2 heterocycles. The Labute approximate surface area is 173 Å². The molecule has 2 aromatic heterocycles. The number of rotatable bonds is 5. The third-order valence-electron chi connectivity index (χ3n) is 4.85. The highest BCUT2D eigenvalue weighted by atomic mass is 19.4. The number of nitrogens with one attached hydrogen (secondary N) is 3. The van der Waals surface area contributed by atoms with Gasteiger partial charge >= 0.3 is 6.18 Å². The molecule has 0 unspecified atom stereocenters. The molecule has 4 aromatic rings. The summed E-state index contributed by atoms with van der Waals surface area (Å²) in [4.78, 5) is 24.9. The highest BCUT2D eigenvalue weighted by Crippen LogP contribution is 2.27. The topological polar surface area (TPSA) is 91.8 Å². The molecule has 0 fully saturated rings. The molecule has 2 aromatic carbocycles. The summed E-state index contributed by atoms with van der Waals surface area (Å²) >= 11 is 0. The normalized spacial score (nSPS) is 11.7. The Hall–Kier alpha value is -3.82. The van der Waals surface area contributed by atoms with E-state index in [4.69, 9.17) is 0 Å². The summed E-state index contributed by atoms with van der Waals surface area (Å²) in [6, 6.07) is 10.7. The van der Waals surface area contributed by atoms with Crippen LogP contribution >= 0.6 is 0 Å². The standard InChI is InChI=1S/C21H18F3N5O2/c1-12-7-14(8-17-15(12)9-26-28-17)27-16-4-2-3-13-5-6-29(20(31)19(13)16)10-18(30)25-11-21(22,23)24/h2-9,27H,10-11H2,1H3,(H,25,30)(H,26,28). The summed E-state index contributed by atoms with van der Waals surface area (Å²) in [5.74, 6) is -0.899. The number of amides is 1. The van der Waals surface area contributed by atoms with Gasteiger partial charge in [-0.25, -0.2) is 0 Å². The van der Waals surface area contributed by atoms with Crippen LogP contribution in [0.4, 0.5) is 24.5 Å². The van der Waals surface area contributed by atoms with Gasteiger partial charge in [0.05, 0.1) is 22.8 Å². The first-order chi connectivity index (χ1) is 14.7. The number of alkyl halides is 3. The van der Waals surface area contributed by atoms with Crippen LogP contribution in [-0.2, 0) is 11.3 Å². The number of nitrogens with zero attached hydrogens (tertiary/aromatic N) is 2. The maximum absolute atomic E-state index is 13.0. The number of carbonyl (C=O) groups is 1. The SMILES string of the molecule is Cc1cc(Nc2cccc3ccn(CC(=O)NCC(F)(F)F)c(=O)c23)cc2[nH]ncc12. The van der Waals surface area contributed by atoms with Gasteiger partial charge < -0.3 is 15.2 Å². The molecule has 4 rings (SSSR count). The van der Waals surface area contributed by atoms with Gasteiger partial charge in [-0.1, -0.05) is 12.1 Å². The number of pyridine rings is 1. The van der Waals surface area contributed by atoms with Gasteiger partial charge in [-0.2, -0.15) is 18.3 Å². The monoisotopic (exact) mass is 429 g/mol. The van der Waals surface area contributed by atoms with Crippen LogP contribution < -0.4 is 16.2 Å². The van der Waals surface area contributed by atoms with E-state index in [2.05, 4.69) is 15.5 Å². The van der Waals surface area contributed by atoms with Gasteiger partial charge in [0, 0.05) is 17.3 Å². The average molecular weight is 429 g/mol. The molecule has 0 radical (unpaired) electrons. The zero-order valence-electron chi connectivity index (χ0n) is 16.4. The Morgan fingerprint density at radius 1 is 1.23 bits per heavy atom. The smallest absolute Gasteiger partial charge is 0.355 e. The number of aromatic amines is 1. The fraction of sp³-hybridized carbons (Fsp3) is 0.190. The summed E-state index contributed by atoms with van der Waals surface area (Å²) in [5, 5.41) is 13.9. The van der Waals surface area contributed by atoms with Gasteiger partial charge in [-0.05, 0) is 42.1 Å². The van der Waals surface area contributed by atoms with Crippen molar-refractivity contribution in [1.29, 1.82) is 0 Å². The minimum absolute atomic E-state index is 0.330. The van der Waals surface area contributed by atoms with Crippen molar-refractivity contribution in [2.24, 2.45) is 0 Å². The number of aryl methyl sites for hydroxylation is 1. The molecule has 0 aliphatic heterocycles. The van der Waals surface area contributed by atoms with E-state index in [1.54, 1.807) is 35.8 Å². The molecule has 0 aliphatic rings. The molecule has 7 nitrogen and oxygen atoms in total. The maximum Gasteiger partial charge on any atom is 0.405 e. The van der Waals surface area contributed by atoms with Crippen molar-refractivity contribution in [2.75, 3.05) is 11.9 Å². The largest absolute Gasteiger partial charge is 0.405 e. The summed E-state index contributed by atoms with van der Waals surface area (Å²) in [5.41, 5.74) is 2.60. The number of hydrogen-bond acceptors (Lipinski definition) is 4. The second kappa shape index (κ2) is 7.78. The van der Waals surface area contributed by atoms with E-state index in [-0.39, 0.29) is 0 Å². The Morgan fingerprint density at radius 3 is 2.81 bits per heavy atom.